The van der Waals surface area contributed by atoms with Gasteiger partial charge in [-0.15, -0.1) is 0 Å². The number of likely N-dealkylation sites (tertiary alicyclic amines) is 1. The fourth-order valence-corrected chi connectivity index (χ4v) is 3.17. The largest absolute Gasteiger partial charge is 0.351 e. The summed E-state index contributed by atoms with van der Waals surface area (Å²) in [6.45, 7) is 3.81. The zero-order valence-corrected chi connectivity index (χ0v) is 8.82. The molecule has 0 spiro atoms. The van der Waals surface area contributed by atoms with Gasteiger partial charge in [0.1, 0.15) is 0 Å². The lowest BCUT2D eigenvalue weighted by atomic mass is 9.79. The number of fused-ring (bicyclic) bond motifs is 3. The Morgan fingerprint density at radius 1 is 1.29 bits per heavy atom. The van der Waals surface area contributed by atoms with Crippen LogP contribution in [0.15, 0.2) is 18.3 Å². The predicted octanol–water partition coefficient (Wildman–Crippen LogP) is 1.93. The molecule has 2 aliphatic rings. The van der Waals surface area contributed by atoms with E-state index in [1.165, 1.54) is 32.5 Å². The Hall–Kier alpha value is -0.760. The SMILES string of the molecule is CN1CCC2c3cccn3CCC2C1. The molecule has 0 radical (unpaired) electrons. The quantitative estimate of drug-likeness (QED) is 0.607. The van der Waals surface area contributed by atoms with Crippen molar-refractivity contribution in [2.24, 2.45) is 5.92 Å². The van der Waals surface area contributed by atoms with Gasteiger partial charge in [-0.1, -0.05) is 0 Å². The zero-order chi connectivity index (χ0) is 9.54. The van der Waals surface area contributed by atoms with Crippen molar-refractivity contribution in [1.29, 1.82) is 0 Å². The molecule has 1 saturated heterocycles. The van der Waals surface area contributed by atoms with Crippen molar-refractivity contribution >= 4 is 0 Å². The van der Waals surface area contributed by atoms with E-state index in [1.807, 2.05) is 0 Å². The van der Waals surface area contributed by atoms with Gasteiger partial charge < -0.3 is 9.47 Å². The lowest BCUT2D eigenvalue weighted by Crippen LogP contribution is -2.40. The molecular formula is C12H18N2. The smallest absolute Gasteiger partial charge is 0.0225 e. The maximum Gasteiger partial charge on any atom is 0.0225 e. The minimum atomic E-state index is 0.843. The molecular weight excluding hydrogens is 172 g/mol. The molecule has 0 bridgehead atoms. The Morgan fingerprint density at radius 3 is 3.14 bits per heavy atom. The molecule has 14 heavy (non-hydrogen) atoms. The first-order chi connectivity index (χ1) is 6.84. The van der Waals surface area contributed by atoms with Crippen molar-refractivity contribution in [1.82, 2.24) is 9.47 Å². The van der Waals surface area contributed by atoms with Crippen molar-refractivity contribution in [3.63, 3.8) is 0 Å². The standard InChI is InChI=1S/C12H18N2/c1-13-7-5-11-10(9-13)4-8-14-6-2-3-12(11)14/h2-3,6,10-11H,4-5,7-9H2,1H3. The maximum atomic E-state index is 2.49. The van der Waals surface area contributed by atoms with Crippen LogP contribution in [0.1, 0.15) is 24.5 Å². The van der Waals surface area contributed by atoms with Crippen LogP contribution < -0.4 is 0 Å². The van der Waals surface area contributed by atoms with Crippen molar-refractivity contribution in [3.05, 3.63) is 24.0 Å². The topological polar surface area (TPSA) is 8.17 Å². The molecule has 2 nitrogen and oxygen atoms in total. The third-order valence-corrected chi connectivity index (χ3v) is 3.92. The Kier molecular flexibility index (Phi) is 1.91. The average molecular weight is 190 g/mol. The molecule has 1 fully saturated rings. The minimum Gasteiger partial charge on any atom is -0.351 e. The number of aryl methyl sites for hydroxylation is 1. The summed E-state index contributed by atoms with van der Waals surface area (Å²) in [5.74, 6) is 1.76. The maximum absolute atomic E-state index is 2.49. The molecule has 2 heteroatoms. The van der Waals surface area contributed by atoms with Crippen LogP contribution >= 0.6 is 0 Å². The second kappa shape index (κ2) is 3.13. The van der Waals surface area contributed by atoms with Crippen LogP contribution in [0.4, 0.5) is 0 Å². The summed E-state index contributed by atoms with van der Waals surface area (Å²) in [6, 6.07) is 4.53. The molecule has 0 saturated carbocycles. The van der Waals surface area contributed by atoms with Gasteiger partial charge in [-0.25, -0.2) is 0 Å². The van der Waals surface area contributed by atoms with Crippen LogP contribution in [-0.4, -0.2) is 29.6 Å². The normalized spacial score (nSPS) is 32.4. The monoisotopic (exact) mass is 190 g/mol. The van der Waals surface area contributed by atoms with Gasteiger partial charge in [0.05, 0.1) is 0 Å². The number of piperidine rings is 1. The fraction of sp³-hybridized carbons (Fsp3) is 0.667. The Labute approximate surface area is 85.5 Å². The van der Waals surface area contributed by atoms with E-state index in [0.29, 0.717) is 0 Å². The summed E-state index contributed by atoms with van der Waals surface area (Å²) in [5, 5.41) is 0. The highest BCUT2D eigenvalue weighted by Gasteiger charge is 2.33. The first kappa shape index (κ1) is 8.54. The second-order valence-electron chi connectivity index (χ2n) is 4.83. The van der Waals surface area contributed by atoms with E-state index in [2.05, 4.69) is 34.8 Å². The van der Waals surface area contributed by atoms with E-state index in [-0.39, 0.29) is 0 Å². The van der Waals surface area contributed by atoms with Gasteiger partial charge in [0.15, 0.2) is 0 Å². The van der Waals surface area contributed by atoms with E-state index < -0.39 is 0 Å². The molecule has 0 aromatic carbocycles. The van der Waals surface area contributed by atoms with Gasteiger partial charge in [0.2, 0.25) is 0 Å². The highest BCUT2D eigenvalue weighted by atomic mass is 15.1. The van der Waals surface area contributed by atoms with Crippen LogP contribution in [0.3, 0.4) is 0 Å². The predicted molar refractivity (Wildman–Crippen MR) is 57.4 cm³/mol. The molecule has 0 aliphatic carbocycles. The van der Waals surface area contributed by atoms with E-state index in [4.69, 9.17) is 0 Å². The molecule has 1 aromatic rings. The summed E-state index contributed by atoms with van der Waals surface area (Å²) in [5.41, 5.74) is 1.59. The molecule has 0 N–H and O–H groups in total. The number of nitrogens with zero attached hydrogens (tertiary/aromatic N) is 2. The van der Waals surface area contributed by atoms with Crippen LogP contribution in [0.2, 0.25) is 0 Å². The molecule has 3 rings (SSSR count). The van der Waals surface area contributed by atoms with Crippen LogP contribution in [-0.2, 0) is 6.54 Å². The highest BCUT2D eigenvalue weighted by molar-refractivity contribution is 5.17. The van der Waals surface area contributed by atoms with E-state index in [0.717, 1.165) is 11.8 Å². The average Bonchev–Trinajstić information content (AvgIpc) is 2.65. The first-order valence-corrected chi connectivity index (χ1v) is 5.68. The summed E-state index contributed by atoms with van der Waals surface area (Å²) in [6.07, 6.45) is 4.96. The Balaban J connectivity index is 1.91. The molecule has 2 atom stereocenters. The van der Waals surface area contributed by atoms with Crippen molar-refractivity contribution in [2.75, 3.05) is 20.1 Å². The van der Waals surface area contributed by atoms with Gasteiger partial charge in [0, 0.05) is 30.9 Å². The second-order valence-corrected chi connectivity index (χ2v) is 4.83. The lowest BCUT2D eigenvalue weighted by molar-refractivity contribution is 0.153. The van der Waals surface area contributed by atoms with Gasteiger partial charge in [-0.3, -0.25) is 0 Å². The van der Waals surface area contributed by atoms with Gasteiger partial charge >= 0.3 is 0 Å². The van der Waals surface area contributed by atoms with Crippen molar-refractivity contribution < 1.29 is 0 Å². The number of hydrogen-bond donors (Lipinski definition) is 0. The van der Waals surface area contributed by atoms with Crippen LogP contribution in [0, 0.1) is 5.92 Å². The summed E-state index contributed by atoms with van der Waals surface area (Å²) < 4.78 is 2.45. The molecule has 76 valence electrons. The van der Waals surface area contributed by atoms with E-state index in [1.54, 1.807) is 5.69 Å². The Morgan fingerprint density at radius 2 is 2.21 bits per heavy atom. The molecule has 2 aliphatic heterocycles. The molecule has 1 aromatic heterocycles. The summed E-state index contributed by atoms with van der Waals surface area (Å²) >= 11 is 0. The van der Waals surface area contributed by atoms with Crippen LogP contribution in [0.5, 0.6) is 0 Å². The van der Waals surface area contributed by atoms with Crippen molar-refractivity contribution in [2.45, 2.75) is 25.3 Å². The minimum absolute atomic E-state index is 0.843. The lowest BCUT2D eigenvalue weighted by Gasteiger charge is -2.40. The third-order valence-electron chi connectivity index (χ3n) is 3.92. The van der Waals surface area contributed by atoms with Gasteiger partial charge in [-0.2, -0.15) is 0 Å². The first-order valence-electron chi connectivity index (χ1n) is 5.68. The number of hydrogen-bond acceptors (Lipinski definition) is 1. The summed E-state index contributed by atoms with van der Waals surface area (Å²) in [7, 11) is 2.25. The summed E-state index contributed by atoms with van der Waals surface area (Å²) in [4.78, 5) is 2.49. The van der Waals surface area contributed by atoms with Gasteiger partial charge in [-0.05, 0) is 44.5 Å². The molecule has 2 unspecified atom stereocenters. The van der Waals surface area contributed by atoms with Crippen molar-refractivity contribution in [3.8, 4) is 0 Å². The molecule has 3 heterocycles. The third kappa shape index (κ3) is 1.21. The Bertz CT molecular complexity index is 329. The number of aromatic nitrogens is 1. The van der Waals surface area contributed by atoms with Gasteiger partial charge in [0.25, 0.3) is 0 Å². The van der Waals surface area contributed by atoms with E-state index in [9.17, 15) is 0 Å². The zero-order valence-electron chi connectivity index (χ0n) is 8.82. The fourth-order valence-electron chi connectivity index (χ4n) is 3.17. The molecule has 0 amide bonds. The number of rotatable bonds is 0. The van der Waals surface area contributed by atoms with E-state index >= 15 is 0 Å². The highest BCUT2D eigenvalue weighted by Crippen LogP contribution is 2.38. The van der Waals surface area contributed by atoms with Crippen LogP contribution in [0.25, 0.3) is 0 Å².